The van der Waals surface area contributed by atoms with Gasteiger partial charge in [0.15, 0.2) is 0 Å². The number of hydrogen-bond acceptors (Lipinski definition) is 2. The minimum atomic E-state index is -0.456. The number of rotatable bonds is 1. The van der Waals surface area contributed by atoms with Gasteiger partial charge in [0.25, 0.3) is 0 Å². The summed E-state index contributed by atoms with van der Waals surface area (Å²) in [4.78, 5) is 14.8. The van der Waals surface area contributed by atoms with Gasteiger partial charge in [0.05, 0.1) is 17.5 Å². The number of halogens is 1. The molecule has 0 spiro atoms. The summed E-state index contributed by atoms with van der Waals surface area (Å²) >= 11 is 5.99. The minimum Gasteiger partial charge on any atom is -0.369 e. The van der Waals surface area contributed by atoms with E-state index in [0.29, 0.717) is 10.7 Å². The number of hydrogen-bond donors (Lipinski definition) is 1. The van der Waals surface area contributed by atoms with Crippen LogP contribution in [0.3, 0.4) is 0 Å². The normalized spacial score (nSPS) is 9.71. The first kappa shape index (κ1) is 11.4. The summed E-state index contributed by atoms with van der Waals surface area (Å²) in [7, 11) is 0. The lowest BCUT2D eigenvalue weighted by molar-refractivity contribution is -0.117. The number of carbonyl (C=O) groups excluding carboxylic acids is 1. The summed E-state index contributed by atoms with van der Waals surface area (Å²) in [6.45, 7) is 0. The summed E-state index contributed by atoms with van der Waals surface area (Å²) in [5.74, 6) is 4.99. The molecule has 0 aliphatic rings. The summed E-state index contributed by atoms with van der Waals surface area (Å²) in [6.07, 6.45) is 0.0170. The van der Waals surface area contributed by atoms with Gasteiger partial charge in [0.2, 0.25) is 5.91 Å². The maximum absolute atomic E-state index is 10.6. The van der Waals surface area contributed by atoms with Crippen molar-refractivity contribution in [3.05, 3.63) is 41.0 Å². The van der Waals surface area contributed by atoms with E-state index < -0.39 is 5.91 Å². The molecule has 1 heterocycles. The number of aromatic nitrogens is 1. The molecule has 84 valence electrons. The van der Waals surface area contributed by atoms with Gasteiger partial charge in [-0.05, 0) is 12.1 Å². The minimum absolute atomic E-state index is 0.0170. The quantitative estimate of drug-likeness (QED) is 0.617. The number of benzene rings is 1. The summed E-state index contributed by atoms with van der Waals surface area (Å²) < 4.78 is 0. The molecule has 0 saturated carbocycles. The van der Waals surface area contributed by atoms with E-state index in [-0.39, 0.29) is 6.42 Å². The number of para-hydroxylation sites is 1. The van der Waals surface area contributed by atoms with Crippen molar-refractivity contribution in [2.24, 2.45) is 5.73 Å². The molecule has 2 rings (SSSR count). The number of amides is 1. The van der Waals surface area contributed by atoms with Crippen LogP contribution in [0, 0.1) is 11.8 Å². The molecular formula is C13H9ClN2O. The third-order valence-electron chi connectivity index (χ3n) is 2.16. The Hall–Kier alpha value is -2.05. The van der Waals surface area contributed by atoms with Crippen molar-refractivity contribution in [2.75, 3.05) is 0 Å². The highest BCUT2D eigenvalue weighted by Crippen LogP contribution is 2.19. The van der Waals surface area contributed by atoms with E-state index in [4.69, 9.17) is 17.3 Å². The predicted molar refractivity (Wildman–Crippen MR) is 67.4 cm³/mol. The van der Waals surface area contributed by atoms with Crippen LogP contribution in [-0.4, -0.2) is 10.9 Å². The molecule has 0 fully saturated rings. The van der Waals surface area contributed by atoms with E-state index in [2.05, 4.69) is 16.8 Å². The molecule has 0 aliphatic carbocycles. The second-order valence-corrected chi connectivity index (χ2v) is 3.82. The molecule has 1 aromatic carbocycles. The first-order chi connectivity index (χ1) is 8.16. The fourth-order valence-corrected chi connectivity index (χ4v) is 1.60. The Morgan fingerprint density at radius 3 is 2.94 bits per heavy atom. The van der Waals surface area contributed by atoms with E-state index >= 15 is 0 Å². The van der Waals surface area contributed by atoms with E-state index in [1.807, 2.05) is 30.3 Å². The zero-order valence-corrected chi connectivity index (χ0v) is 9.66. The van der Waals surface area contributed by atoms with Gasteiger partial charge >= 0.3 is 0 Å². The van der Waals surface area contributed by atoms with Gasteiger partial charge in [-0.15, -0.1) is 0 Å². The summed E-state index contributed by atoms with van der Waals surface area (Å²) in [5.41, 5.74) is 6.42. The zero-order chi connectivity index (χ0) is 12.3. The Morgan fingerprint density at radius 1 is 1.41 bits per heavy atom. The van der Waals surface area contributed by atoms with Crippen LogP contribution in [0.4, 0.5) is 0 Å². The predicted octanol–water partition coefficient (Wildman–Crippen LogP) is 2.12. The van der Waals surface area contributed by atoms with Crippen molar-refractivity contribution >= 4 is 28.4 Å². The monoisotopic (exact) mass is 244 g/mol. The molecule has 3 nitrogen and oxygen atoms in total. The molecule has 0 radical (unpaired) electrons. The maximum atomic E-state index is 10.6. The van der Waals surface area contributed by atoms with Crippen LogP contribution in [0.25, 0.3) is 10.9 Å². The topological polar surface area (TPSA) is 56.0 Å². The lowest BCUT2D eigenvalue weighted by Gasteiger charge is -1.99. The number of nitrogens with zero attached hydrogens (tertiary/aromatic N) is 1. The van der Waals surface area contributed by atoms with Gasteiger partial charge in [-0.3, -0.25) is 4.79 Å². The highest BCUT2D eigenvalue weighted by Gasteiger charge is 2.01. The van der Waals surface area contributed by atoms with Crippen molar-refractivity contribution in [3.8, 4) is 11.8 Å². The van der Waals surface area contributed by atoms with Crippen LogP contribution in [0.15, 0.2) is 30.3 Å². The summed E-state index contributed by atoms with van der Waals surface area (Å²) in [5, 5.41) is 1.29. The zero-order valence-electron chi connectivity index (χ0n) is 8.90. The molecule has 0 atom stereocenters. The third-order valence-corrected chi connectivity index (χ3v) is 2.45. The van der Waals surface area contributed by atoms with Crippen molar-refractivity contribution in [2.45, 2.75) is 6.42 Å². The SMILES string of the molecule is NC(=O)CC#Cc1cc2ccccc2nc1Cl. The third kappa shape index (κ3) is 2.74. The lowest BCUT2D eigenvalue weighted by Crippen LogP contribution is -2.08. The molecule has 0 aliphatic heterocycles. The fourth-order valence-electron chi connectivity index (χ4n) is 1.41. The van der Waals surface area contributed by atoms with E-state index in [0.717, 1.165) is 10.9 Å². The van der Waals surface area contributed by atoms with Gasteiger partial charge in [-0.2, -0.15) is 0 Å². The van der Waals surface area contributed by atoms with Crippen LogP contribution >= 0.6 is 11.6 Å². The lowest BCUT2D eigenvalue weighted by atomic mass is 10.1. The van der Waals surface area contributed by atoms with Crippen LogP contribution < -0.4 is 5.73 Å². The second kappa shape index (κ2) is 4.86. The average Bonchev–Trinajstić information content (AvgIpc) is 2.29. The van der Waals surface area contributed by atoms with E-state index in [9.17, 15) is 4.79 Å². The summed E-state index contributed by atoms with van der Waals surface area (Å²) in [6, 6.07) is 9.46. The molecule has 1 amide bonds. The van der Waals surface area contributed by atoms with Crippen LogP contribution in [0.2, 0.25) is 5.15 Å². The number of nitrogens with two attached hydrogens (primary N) is 1. The molecule has 0 bridgehead atoms. The highest BCUT2D eigenvalue weighted by atomic mass is 35.5. The largest absolute Gasteiger partial charge is 0.369 e. The van der Waals surface area contributed by atoms with E-state index in [1.54, 1.807) is 0 Å². The molecule has 17 heavy (non-hydrogen) atoms. The number of carbonyl (C=O) groups is 1. The van der Waals surface area contributed by atoms with Crippen LogP contribution in [0.1, 0.15) is 12.0 Å². The highest BCUT2D eigenvalue weighted by molar-refractivity contribution is 6.31. The Morgan fingerprint density at radius 2 is 2.18 bits per heavy atom. The first-order valence-electron chi connectivity index (χ1n) is 4.99. The number of pyridine rings is 1. The fraction of sp³-hybridized carbons (Fsp3) is 0.0769. The van der Waals surface area contributed by atoms with Crippen molar-refractivity contribution < 1.29 is 4.79 Å². The van der Waals surface area contributed by atoms with Crippen molar-refractivity contribution in [3.63, 3.8) is 0 Å². The molecule has 2 aromatic rings. The Balaban J connectivity index is 2.43. The number of fused-ring (bicyclic) bond motifs is 1. The standard InChI is InChI=1S/C13H9ClN2O/c14-13-10(5-3-7-12(15)17)8-9-4-1-2-6-11(9)16-13/h1-2,4,6,8H,7H2,(H2,15,17). The molecular weight excluding hydrogens is 236 g/mol. The van der Waals surface area contributed by atoms with Crippen molar-refractivity contribution in [1.29, 1.82) is 0 Å². The first-order valence-corrected chi connectivity index (χ1v) is 5.37. The maximum Gasteiger partial charge on any atom is 0.229 e. The smallest absolute Gasteiger partial charge is 0.229 e. The Kier molecular flexibility index (Phi) is 3.27. The van der Waals surface area contributed by atoms with E-state index in [1.165, 1.54) is 0 Å². The van der Waals surface area contributed by atoms with Crippen LogP contribution in [-0.2, 0) is 4.79 Å². The number of primary amides is 1. The molecule has 0 saturated heterocycles. The second-order valence-electron chi connectivity index (χ2n) is 3.46. The average molecular weight is 245 g/mol. The van der Waals surface area contributed by atoms with Gasteiger partial charge in [0, 0.05) is 5.39 Å². The molecule has 1 aromatic heterocycles. The molecule has 2 N–H and O–H groups in total. The van der Waals surface area contributed by atoms with Gasteiger partial charge < -0.3 is 5.73 Å². The molecule has 0 unspecified atom stereocenters. The van der Waals surface area contributed by atoms with Gasteiger partial charge in [-0.1, -0.05) is 41.6 Å². The Bertz CT molecular complexity index is 641. The van der Waals surface area contributed by atoms with Crippen LogP contribution in [0.5, 0.6) is 0 Å². The van der Waals surface area contributed by atoms with Gasteiger partial charge in [0.1, 0.15) is 5.15 Å². The van der Waals surface area contributed by atoms with Crippen molar-refractivity contribution in [1.82, 2.24) is 4.98 Å². The Labute approximate surface area is 104 Å². The molecule has 4 heteroatoms. The van der Waals surface area contributed by atoms with Gasteiger partial charge in [-0.25, -0.2) is 4.98 Å².